The fourth-order valence-corrected chi connectivity index (χ4v) is 5.09. The van der Waals surface area contributed by atoms with Gasteiger partial charge in [0.2, 0.25) is 11.7 Å². The molecular weight excluding hydrogens is 463 g/mol. The van der Waals surface area contributed by atoms with Crippen LogP contribution in [-0.4, -0.2) is 28.1 Å². The number of alkyl halides is 1. The molecule has 1 aliphatic heterocycles. The van der Waals surface area contributed by atoms with Crippen LogP contribution in [0.15, 0.2) is 58.1 Å². The van der Waals surface area contributed by atoms with E-state index in [1.165, 1.54) is 18.2 Å². The quantitative estimate of drug-likeness (QED) is 0.378. The number of rotatable bonds is 4. The van der Waals surface area contributed by atoms with Crippen LogP contribution in [0.5, 0.6) is 0 Å². The van der Waals surface area contributed by atoms with Crippen LogP contribution in [0.2, 0.25) is 0 Å². The van der Waals surface area contributed by atoms with Crippen molar-refractivity contribution in [1.82, 2.24) is 10.1 Å². The average Bonchev–Trinajstić information content (AvgIpc) is 3.52. The molecule has 188 valence electrons. The predicted octanol–water partition coefficient (Wildman–Crippen LogP) is 7.49. The lowest BCUT2D eigenvalue weighted by atomic mass is 9.69. The highest BCUT2D eigenvalue weighted by Crippen LogP contribution is 2.47. The fourth-order valence-electron chi connectivity index (χ4n) is 5.09. The van der Waals surface area contributed by atoms with Gasteiger partial charge in [0.1, 0.15) is 17.8 Å². The zero-order chi connectivity index (χ0) is 25.7. The van der Waals surface area contributed by atoms with Gasteiger partial charge in [-0.2, -0.15) is 4.98 Å². The molecule has 36 heavy (non-hydrogen) atoms. The molecule has 3 atom stereocenters. The van der Waals surface area contributed by atoms with Gasteiger partial charge in [0.15, 0.2) is 0 Å². The summed E-state index contributed by atoms with van der Waals surface area (Å²) in [6, 6.07) is 11.2. The van der Waals surface area contributed by atoms with Crippen LogP contribution in [0, 0.1) is 17.0 Å². The smallest absolute Gasteiger partial charge is 0.232 e. The molecule has 3 unspecified atom stereocenters. The molecule has 0 bridgehead atoms. The Morgan fingerprint density at radius 1 is 0.972 bits per heavy atom. The Kier molecular flexibility index (Phi) is 6.13. The van der Waals surface area contributed by atoms with Crippen LogP contribution in [0.1, 0.15) is 70.4 Å². The van der Waals surface area contributed by atoms with Gasteiger partial charge >= 0.3 is 0 Å². The molecule has 0 amide bonds. The van der Waals surface area contributed by atoms with Crippen LogP contribution >= 0.6 is 0 Å². The predicted molar refractivity (Wildman–Crippen MR) is 135 cm³/mol. The number of allylic oxidation sites excluding steroid dienone is 2. The Bertz CT molecular complexity index is 1320. The maximum absolute atomic E-state index is 15.6. The first-order valence-corrected chi connectivity index (χ1v) is 12.4. The van der Waals surface area contributed by atoms with Gasteiger partial charge < -0.3 is 4.52 Å². The Morgan fingerprint density at radius 3 is 2.25 bits per heavy atom. The van der Waals surface area contributed by atoms with Crippen molar-refractivity contribution in [2.45, 2.75) is 71.0 Å². The molecule has 0 saturated carbocycles. The molecule has 3 aromatic rings. The standard InChI is InChI=1S/C29H30F3N3O/c1-28(2,3)27-34-26(35-36-27)18-10-8-17(9-11-18)19-14-15-29(4,23(32)16-19)24-13-12-22(33-24)25-20(30)6-5-7-21(25)31/h5-11,16,23-24H,12-15H2,1-4H3. The number of hydrogen-bond donors (Lipinski definition) is 0. The SMILES string of the molecule is CC(C)(C)c1nc(-c2ccc(C3=CC(F)C(C)(C4CCC(c5c(F)cccc5F)=N4)CC3)cc2)no1. The van der Waals surface area contributed by atoms with Crippen molar-refractivity contribution in [3.63, 3.8) is 0 Å². The lowest BCUT2D eigenvalue weighted by molar-refractivity contribution is 0.113. The Morgan fingerprint density at radius 2 is 1.64 bits per heavy atom. The Labute approximate surface area is 209 Å². The van der Waals surface area contributed by atoms with Gasteiger partial charge in [-0.3, -0.25) is 4.99 Å². The zero-order valence-corrected chi connectivity index (χ0v) is 21.0. The van der Waals surface area contributed by atoms with Crippen molar-refractivity contribution >= 4 is 11.3 Å². The maximum Gasteiger partial charge on any atom is 0.232 e. The van der Waals surface area contributed by atoms with E-state index in [2.05, 4.69) is 15.1 Å². The molecule has 2 aliphatic rings. The first-order valence-electron chi connectivity index (χ1n) is 12.4. The highest BCUT2D eigenvalue weighted by Gasteiger charge is 2.45. The van der Waals surface area contributed by atoms with Crippen LogP contribution in [0.3, 0.4) is 0 Å². The van der Waals surface area contributed by atoms with Gasteiger partial charge in [-0.25, -0.2) is 13.2 Å². The molecule has 1 aliphatic carbocycles. The van der Waals surface area contributed by atoms with Crippen molar-refractivity contribution < 1.29 is 17.7 Å². The highest BCUT2D eigenvalue weighted by molar-refractivity contribution is 6.02. The number of halogens is 3. The van der Waals surface area contributed by atoms with E-state index in [9.17, 15) is 8.78 Å². The molecule has 0 spiro atoms. The summed E-state index contributed by atoms with van der Waals surface area (Å²) in [6.07, 6.45) is 2.78. The average molecular weight is 494 g/mol. The molecule has 1 aromatic heterocycles. The van der Waals surface area contributed by atoms with Gasteiger partial charge in [-0.05, 0) is 55.0 Å². The lowest BCUT2D eigenvalue weighted by Gasteiger charge is -2.39. The molecule has 0 saturated heterocycles. The summed E-state index contributed by atoms with van der Waals surface area (Å²) in [7, 11) is 0. The van der Waals surface area contributed by atoms with E-state index in [1.54, 1.807) is 6.08 Å². The van der Waals surface area contributed by atoms with Crippen LogP contribution in [-0.2, 0) is 5.41 Å². The third-order valence-electron chi connectivity index (χ3n) is 7.47. The number of aliphatic imine (C=N–C) groups is 1. The molecule has 7 heteroatoms. The van der Waals surface area contributed by atoms with Crippen LogP contribution in [0.4, 0.5) is 13.2 Å². The largest absolute Gasteiger partial charge is 0.338 e. The van der Waals surface area contributed by atoms with E-state index in [0.717, 1.165) is 16.7 Å². The fraction of sp³-hybridized carbons (Fsp3) is 0.414. The lowest BCUT2D eigenvalue weighted by Crippen LogP contribution is -2.40. The van der Waals surface area contributed by atoms with Gasteiger partial charge in [0.25, 0.3) is 0 Å². The Hall–Kier alpha value is -3.22. The first-order chi connectivity index (χ1) is 17.1. The number of hydrogen-bond acceptors (Lipinski definition) is 4. The van der Waals surface area contributed by atoms with Gasteiger partial charge in [-0.15, -0.1) is 0 Å². The van der Waals surface area contributed by atoms with Gasteiger partial charge in [0, 0.05) is 22.1 Å². The molecule has 0 N–H and O–H groups in total. The molecule has 0 fully saturated rings. The summed E-state index contributed by atoms with van der Waals surface area (Å²) >= 11 is 0. The summed E-state index contributed by atoms with van der Waals surface area (Å²) in [4.78, 5) is 9.13. The van der Waals surface area contributed by atoms with Gasteiger partial charge in [0.05, 0.1) is 11.6 Å². The van der Waals surface area contributed by atoms with Gasteiger partial charge in [-0.1, -0.05) is 63.2 Å². The van der Waals surface area contributed by atoms with Crippen molar-refractivity contribution in [3.8, 4) is 11.4 Å². The molecule has 5 rings (SSSR count). The van der Waals surface area contributed by atoms with E-state index in [1.807, 2.05) is 52.0 Å². The monoisotopic (exact) mass is 493 g/mol. The zero-order valence-electron chi connectivity index (χ0n) is 21.0. The van der Waals surface area contributed by atoms with Crippen LogP contribution in [0.25, 0.3) is 17.0 Å². The summed E-state index contributed by atoms with van der Waals surface area (Å²) in [5, 5.41) is 4.09. The van der Waals surface area contributed by atoms with E-state index >= 15 is 4.39 Å². The Balaban J connectivity index is 1.34. The van der Waals surface area contributed by atoms with Crippen molar-refractivity contribution in [2.24, 2.45) is 10.4 Å². The normalized spacial score (nSPS) is 24.5. The summed E-state index contributed by atoms with van der Waals surface area (Å²) in [6.45, 7) is 7.94. The molecule has 4 nitrogen and oxygen atoms in total. The second kappa shape index (κ2) is 9.02. The molecule has 2 aromatic carbocycles. The van der Waals surface area contributed by atoms with Crippen molar-refractivity contribution in [1.29, 1.82) is 0 Å². The second-order valence-corrected chi connectivity index (χ2v) is 11.1. The van der Waals surface area contributed by atoms with E-state index in [0.29, 0.717) is 43.1 Å². The number of benzene rings is 2. The molecule has 0 radical (unpaired) electrons. The van der Waals surface area contributed by atoms with E-state index in [-0.39, 0.29) is 17.0 Å². The van der Waals surface area contributed by atoms with Crippen molar-refractivity contribution in [2.75, 3.05) is 0 Å². The van der Waals surface area contributed by atoms with Crippen LogP contribution < -0.4 is 0 Å². The number of nitrogens with zero attached hydrogens (tertiary/aromatic N) is 3. The summed E-state index contributed by atoms with van der Waals surface area (Å²) < 4.78 is 49.5. The molecule has 2 heterocycles. The second-order valence-electron chi connectivity index (χ2n) is 11.1. The summed E-state index contributed by atoms with van der Waals surface area (Å²) in [5.41, 5.74) is 2.09. The molecular formula is C29H30F3N3O. The first kappa shape index (κ1) is 24.5. The third-order valence-corrected chi connectivity index (χ3v) is 7.47. The number of aromatic nitrogens is 2. The minimum atomic E-state index is -1.22. The minimum absolute atomic E-state index is 0.0811. The third kappa shape index (κ3) is 4.40. The van der Waals surface area contributed by atoms with E-state index < -0.39 is 23.2 Å². The van der Waals surface area contributed by atoms with E-state index in [4.69, 9.17) is 4.52 Å². The summed E-state index contributed by atoms with van der Waals surface area (Å²) in [5.74, 6) is -0.144. The minimum Gasteiger partial charge on any atom is -0.338 e. The topological polar surface area (TPSA) is 51.3 Å². The maximum atomic E-state index is 15.6. The van der Waals surface area contributed by atoms with Crippen molar-refractivity contribution in [3.05, 3.63) is 77.2 Å². The highest BCUT2D eigenvalue weighted by atomic mass is 19.1.